The number of hydrogen-bond acceptors (Lipinski definition) is 6. The molecule has 0 aliphatic heterocycles. The summed E-state index contributed by atoms with van der Waals surface area (Å²) in [5, 5.41) is 10.2. The van der Waals surface area contributed by atoms with Crippen molar-refractivity contribution >= 4 is 27.9 Å². The summed E-state index contributed by atoms with van der Waals surface area (Å²) in [6.45, 7) is 2.76. The minimum absolute atomic E-state index is 0.00389. The Labute approximate surface area is 152 Å². The molecule has 0 saturated carbocycles. The summed E-state index contributed by atoms with van der Waals surface area (Å²) >= 11 is 3.20. The summed E-state index contributed by atoms with van der Waals surface area (Å²) in [4.78, 5) is 12.2. The Balaban J connectivity index is 1.61. The Morgan fingerprint density at radius 2 is 1.96 bits per heavy atom. The quantitative estimate of drug-likeness (QED) is 0.580. The molecule has 1 amide bonds. The van der Waals surface area contributed by atoms with E-state index in [9.17, 15) is 4.79 Å². The van der Waals surface area contributed by atoms with Crippen molar-refractivity contribution in [2.75, 3.05) is 11.9 Å². The second kappa shape index (κ2) is 7.98. The number of unbranched alkanes of at least 4 members (excludes halogenated alkanes) is 1. The lowest BCUT2D eigenvalue weighted by molar-refractivity contribution is 0.102. The first kappa shape index (κ1) is 17.2. The summed E-state index contributed by atoms with van der Waals surface area (Å²) in [5.41, 5.74) is 0.461. The molecule has 2 aromatic heterocycles. The van der Waals surface area contributed by atoms with E-state index in [1.54, 1.807) is 36.4 Å². The van der Waals surface area contributed by atoms with Gasteiger partial charge in [-0.2, -0.15) is 0 Å². The van der Waals surface area contributed by atoms with E-state index in [1.807, 2.05) is 0 Å². The van der Waals surface area contributed by atoms with E-state index in [0.29, 0.717) is 22.6 Å². The Bertz CT molecular complexity index is 842. The summed E-state index contributed by atoms with van der Waals surface area (Å²) in [5.74, 6) is 0.971. The van der Waals surface area contributed by atoms with Gasteiger partial charge in [0.2, 0.25) is 0 Å². The first-order valence-corrected chi connectivity index (χ1v) is 8.58. The highest BCUT2D eigenvalue weighted by Gasteiger charge is 2.15. The lowest BCUT2D eigenvalue weighted by Gasteiger charge is -2.06. The molecule has 1 aromatic carbocycles. The second-order valence-corrected chi connectivity index (χ2v) is 5.98. The van der Waals surface area contributed by atoms with Gasteiger partial charge >= 0.3 is 6.01 Å². The highest BCUT2D eigenvalue weighted by Crippen LogP contribution is 2.25. The third kappa shape index (κ3) is 4.48. The van der Waals surface area contributed by atoms with E-state index >= 15 is 0 Å². The molecule has 1 N–H and O–H groups in total. The largest absolute Gasteiger partial charge is 0.494 e. The molecule has 8 heteroatoms. The van der Waals surface area contributed by atoms with Crippen molar-refractivity contribution in [2.24, 2.45) is 0 Å². The molecule has 0 bridgehead atoms. The van der Waals surface area contributed by atoms with Crippen LogP contribution in [0.1, 0.15) is 30.1 Å². The van der Waals surface area contributed by atoms with Crippen LogP contribution in [0.5, 0.6) is 5.75 Å². The number of hydrogen-bond donors (Lipinski definition) is 1. The van der Waals surface area contributed by atoms with E-state index in [4.69, 9.17) is 13.6 Å². The maximum atomic E-state index is 12.2. The van der Waals surface area contributed by atoms with Crippen molar-refractivity contribution in [3.8, 4) is 17.4 Å². The number of furan rings is 1. The van der Waals surface area contributed by atoms with Gasteiger partial charge in [-0.15, -0.1) is 5.10 Å². The van der Waals surface area contributed by atoms with Crippen LogP contribution < -0.4 is 10.1 Å². The number of halogens is 1. The van der Waals surface area contributed by atoms with Crippen molar-refractivity contribution < 1.29 is 18.4 Å². The van der Waals surface area contributed by atoms with Gasteiger partial charge in [-0.25, -0.2) is 0 Å². The van der Waals surface area contributed by atoms with Crippen LogP contribution in [0.25, 0.3) is 11.7 Å². The number of carbonyl (C=O) groups excluding carboxylic acids is 1. The minimum Gasteiger partial charge on any atom is -0.494 e. The van der Waals surface area contributed by atoms with Crippen molar-refractivity contribution in [1.29, 1.82) is 0 Å². The molecule has 0 fully saturated rings. The first-order valence-electron chi connectivity index (χ1n) is 7.79. The molecule has 0 unspecified atom stereocenters. The molecule has 0 aliphatic rings. The predicted molar refractivity (Wildman–Crippen MR) is 94.5 cm³/mol. The molecule has 0 spiro atoms. The molecule has 3 aromatic rings. The van der Waals surface area contributed by atoms with Gasteiger partial charge in [-0.05, 0) is 58.7 Å². The topological polar surface area (TPSA) is 90.4 Å². The fourth-order valence-electron chi connectivity index (χ4n) is 2.01. The summed E-state index contributed by atoms with van der Waals surface area (Å²) in [6.07, 6.45) is 2.07. The van der Waals surface area contributed by atoms with Crippen LogP contribution in [0.15, 0.2) is 49.9 Å². The molecule has 130 valence electrons. The van der Waals surface area contributed by atoms with Crippen LogP contribution in [0.4, 0.5) is 6.01 Å². The lowest BCUT2D eigenvalue weighted by Crippen LogP contribution is -2.12. The monoisotopic (exact) mass is 405 g/mol. The van der Waals surface area contributed by atoms with E-state index in [1.165, 1.54) is 0 Å². The zero-order valence-electron chi connectivity index (χ0n) is 13.5. The SMILES string of the molecule is CCCCOc1ccc(C(=O)Nc2nnc(-c3ccc(Br)o3)o2)cc1. The normalized spacial score (nSPS) is 10.6. The first-order chi connectivity index (χ1) is 12.2. The van der Waals surface area contributed by atoms with Crippen molar-refractivity contribution in [2.45, 2.75) is 19.8 Å². The van der Waals surface area contributed by atoms with Gasteiger partial charge in [0.25, 0.3) is 11.8 Å². The average molecular weight is 406 g/mol. The number of rotatable bonds is 7. The van der Waals surface area contributed by atoms with Gasteiger partial charge in [0.05, 0.1) is 6.61 Å². The molecule has 2 heterocycles. The van der Waals surface area contributed by atoms with Crippen LogP contribution in [-0.4, -0.2) is 22.7 Å². The molecule has 0 radical (unpaired) electrons. The van der Waals surface area contributed by atoms with E-state index in [2.05, 4.69) is 38.4 Å². The standard InChI is InChI=1S/C17H16BrN3O4/c1-2-3-10-23-12-6-4-11(5-7-12)15(22)19-17-21-20-16(25-17)13-8-9-14(18)24-13/h4-9H,2-3,10H2,1H3,(H,19,21,22). The predicted octanol–water partition coefficient (Wildman–Crippen LogP) is 4.52. The number of carbonyl (C=O) groups is 1. The van der Waals surface area contributed by atoms with E-state index < -0.39 is 0 Å². The van der Waals surface area contributed by atoms with Crippen LogP contribution >= 0.6 is 15.9 Å². The van der Waals surface area contributed by atoms with Gasteiger partial charge in [0, 0.05) is 5.56 Å². The maximum absolute atomic E-state index is 12.2. The number of nitrogens with zero attached hydrogens (tertiary/aromatic N) is 2. The maximum Gasteiger partial charge on any atom is 0.322 e. The summed E-state index contributed by atoms with van der Waals surface area (Å²) < 4.78 is 16.8. The summed E-state index contributed by atoms with van der Waals surface area (Å²) in [7, 11) is 0. The number of amides is 1. The zero-order valence-corrected chi connectivity index (χ0v) is 15.1. The lowest BCUT2D eigenvalue weighted by atomic mass is 10.2. The van der Waals surface area contributed by atoms with Gasteiger partial charge < -0.3 is 13.6 Å². The molecular weight excluding hydrogens is 390 g/mol. The van der Waals surface area contributed by atoms with E-state index in [-0.39, 0.29) is 17.8 Å². The van der Waals surface area contributed by atoms with Crippen LogP contribution in [0, 0.1) is 0 Å². The average Bonchev–Trinajstić information content (AvgIpc) is 3.24. The number of benzene rings is 1. The van der Waals surface area contributed by atoms with Gasteiger partial charge in [0.1, 0.15) is 5.75 Å². The van der Waals surface area contributed by atoms with Crippen molar-refractivity contribution in [3.63, 3.8) is 0 Å². The molecule has 0 saturated heterocycles. The summed E-state index contributed by atoms with van der Waals surface area (Å²) in [6, 6.07) is 10.3. The zero-order chi connectivity index (χ0) is 17.6. The Morgan fingerprint density at radius 1 is 1.16 bits per heavy atom. The van der Waals surface area contributed by atoms with Crippen LogP contribution in [0.3, 0.4) is 0 Å². The Hall–Kier alpha value is -2.61. The van der Waals surface area contributed by atoms with Gasteiger partial charge in [0.15, 0.2) is 10.4 Å². The number of nitrogens with one attached hydrogen (secondary N) is 1. The van der Waals surface area contributed by atoms with Crippen LogP contribution in [0.2, 0.25) is 0 Å². The van der Waals surface area contributed by atoms with Gasteiger partial charge in [-0.3, -0.25) is 10.1 Å². The second-order valence-electron chi connectivity index (χ2n) is 5.20. The molecule has 0 atom stereocenters. The van der Waals surface area contributed by atoms with Crippen LogP contribution in [-0.2, 0) is 0 Å². The molecule has 0 aliphatic carbocycles. The fraction of sp³-hybridized carbons (Fsp3) is 0.235. The van der Waals surface area contributed by atoms with E-state index in [0.717, 1.165) is 18.6 Å². The highest BCUT2D eigenvalue weighted by atomic mass is 79.9. The highest BCUT2D eigenvalue weighted by molar-refractivity contribution is 9.10. The third-order valence-electron chi connectivity index (χ3n) is 3.31. The smallest absolute Gasteiger partial charge is 0.322 e. The third-order valence-corrected chi connectivity index (χ3v) is 3.74. The fourth-order valence-corrected chi connectivity index (χ4v) is 2.32. The molecule has 25 heavy (non-hydrogen) atoms. The van der Waals surface area contributed by atoms with Crippen molar-refractivity contribution in [3.05, 3.63) is 46.6 Å². The Kier molecular flexibility index (Phi) is 5.49. The number of anilines is 1. The molecule has 7 nitrogen and oxygen atoms in total. The van der Waals surface area contributed by atoms with Crippen molar-refractivity contribution in [1.82, 2.24) is 10.2 Å². The number of aromatic nitrogens is 2. The Morgan fingerprint density at radius 3 is 2.64 bits per heavy atom. The number of ether oxygens (including phenoxy) is 1. The molecule has 3 rings (SSSR count). The molecular formula is C17H16BrN3O4. The minimum atomic E-state index is -0.351. The van der Waals surface area contributed by atoms with Gasteiger partial charge in [-0.1, -0.05) is 18.4 Å².